The van der Waals surface area contributed by atoms with Gasteiger partial charge >= 0.3 is 0 Å². The minimum Gasteiger partial charge on any atom is -0.315 e. The van der Waals surface area contributed by atoms with Gasteiger partial charge in [0.25, 0.3) is 0 Å². The highest BCUT2D eigenvalue weighted by Gasteiger charge is 2.21. The van der Waals surface area contributed by atoms with E-state index in [0.29, 0.717) is 4.21 Å². The van der Waals surface area contributed by atoms with Crippen LogP contribution in [0.4, 0.5) is 0 Å². The summed E-state index contributed by atoms with van der Waals surface area (Å²) in [4.78, 5) is 0. The molecule has 1 saturated heterocycles. The van der Waals surface area contributed by atoms with Crippen LogP contribution in [0.2, 0.25) is 0 Å². The van der Waals surface area contributed by atoms with E-state index in [1.165, 1.54) is 11.3 Å². The van der Waals surface area contributed by atoms with Gasteiger partial charge in [-0.3, -0.25) is 0 Å². The predicted molar refractivity (Wildman–Crippen MR) is 67.8 cm³/mol. The molecule has 2 heterocycles. The van der Waals surface area contributed by atoms with Crippen molar-refractivity contribution in [3.63, 3.8) is 0 Å². The summed E-state index contributed by atoms with van der Waals surface area (Å²) >= 11 is 1.25. The number of sulfonamides is 1. The topological polar surface area (TPSA) is 58.2 Å². The smallest absolute Gasteiger partial charge is 0.250 e. The molecular formula is C9H15ClN2O2S2. The van der Waals surface area contributed by atoms with Gasteiger partial charge in [-0.1, -0.05) is 6.07 Å². The second kappa shape index (κ2) is 5.97. The van der Waals surface area contributed by atoms with Gasteiger partial charge in [-0.25, -0.2) is 13.1 Å². The van der Waals surface area contributed by atoms with Crippen LogP contribution < -0.4 is 10.0 Å². The summed E-state index contributed by atoms with van der Waals surface area (Å²) in [5.74, 6) is 0. The quantitative estimate of drug-likeness (QED) is 0.876. The molecule has 0 aromatic carbocycles. The molecule has 1 aliphatic heterocycles. The third kappa shape index (κ3) is 3.43. The Morgan fingerprint density at radius 2 is 2.31 bits per heavy atom. The van der Waals surface area contributed by atoms with Crippen LogP contribution in [0.25, 0.3) is 0 Å². The average molecular weight is 283 g/mol. The van der Waals surface area contributed by atoms with Crippen molar-refractivity contribution in [2.24, 2.45) is 0 Å². The lowest BCUT2D eigenvalue weighted by atomic mass is 10.1. The zero-order valence-electron chi connectivity index (χ0n) is 8.68. The first kappa shape index (κ1) is 13.9. The van der Waals surface area contributed by atoms with Gasteiger partial charge in [0.15, 0.2) is 0 Å². The van der Waals surface area contributed by atoms with Gasteiger partial charge in [0.2, 0.25) is 10.0 Å². The van der Waals surface area contributed by atoms with Gasteiger partial charge in [0.05, 0.1) is 0 Å². The molecule has 0 unspecified atom stereocenters. The second-order valence-electron chi connectivity index (χ2n) is 3.60. The molecule has 16 heavy (non-hydrogen) atoms. The number of hydrogen-bond acceptors (Lipinski definition) is 4. The van der Waals surface area contributed by atoms with E-state index in [0.717, 1.165) is 25.9 Å². The van der Waals surface area contributed by atoms with Crippen molar-refractivity contribution in [3.8, 4) is 0 Å². The number of rotatable bonds is 3. The maximum atomic E-state index is 11.8. The number of hydrogen-bond donors (Lipinski definition) is 2. The van der Waals surface area contributed by atoms with E-state index in [9.17, 15) is 8.42 Å². The largest absolute Gasteiger partial charge is 0.315 e. The summed E-state index contributed by atoms with van der Waals surface area (Å²) in [5, 5.41) is 4.95. The molecule has 0 spiro atoms. The zero-order chi connectivity index (χ0) is 10.7. The van der Waals surface area contributed by atoms with Crippen LogP contribution in [-0.2, 0) is 10.0 Å². The van der Waals surface area contributed by atoms with Crippen molar-refractivity contribution < 1.29 is 8.42 Å². The predicted octanol–water partition coefficient (Wildman–Crippen LogP) is 1.20. The monoisotopic (exact) mass is 282 g/mol. The van der Waals surface area contributed by atoms with Crippen LogP contribution in [0.1, 0.15) is 12.8 Å². The van der Waals surface area contributed by atoms with Crippen LogP contribution in [0.3, 0.4) is 0 Å². The highest BCUT2D eigenvalue weighted by molar-refractivity contribution is 7.91. The van der Waals surface area contributed by atoms with Crippen molar-refractivity contribution in [2.75, 3.05) is 13.1 Å². The number of piperidine rings is 1. The molecule has 1 aromatic heterocycles. The standard InChI is InChI=1S/C9H14N2O2S2.ClH/c12-15(13,9-4-2-6-14-9)11-8-3-1-5-10-7-8;/h2,4,6,8,10-11H,1,3,5,7H2;1H/t8-;/m1./s1. The van der Waals surface area contributed by atoms with Crippen LogP contribution in [0.15, 0.2) is 21.7 Å². The van der Waals surface area contributed by atoms with Gasteiger partial charge in [0, 0.05) is 12.6 Å². The van der Waals surface area contributed by atoms with Crippen molar-refractivity contribution in [1.82, 2.24) is 10.0 Å². The Hall–Kier alpha value is -0.140. The fourth-order valence-corrected chi connectivity index (χ4v) is 3.93. The average Bonchev–Trinajstić information content (AvgIpc) is 2.71. The van der Waals surface area contributed by atoms with Gasteiger partial charge in [-0.15, -0.1) is 23.7 Å². The normalized spacial score (nSPS) is 21.4. The van der Waals surface area contributed by atoms with Crippen molar-refractivity contribution in [2.45, 2.75) is 23.1 Å². The summed E-state index contributed by atoms with van der Waals surface area (Å²) in [6, 6.07) is 3.41. The zero-order valence-corrected chi connectivity index (χ0v) is 11.1. The highest BCUT2D eigenvalue weighted by Crippen LogP contribution is 2.16. The maximum absolute atomic E-state index is 11.8. The van der Waals surface area contributed by atoms with Crippen molar-refractivity contribution >= 4 is 33.8 Å². The van der Waals surface area contributed by atoms with Crippen LogP contribution in [0, 0.1) is 0 Å². The molecule has 2 rings (SSSR count). The van der Waals surface area contributed by atoms with Crippen LogP contribution in [-0.4, -0.2) is 27.5 Å². The molecule has 0 bridgehead atoms. The third-order valence-electron chi connectivity index (χ3n) is 2.38. The lowest BCUT2D eigenvalue weighted by molar-refractivity contribution is 0.429. The Bertz CT molecular complexity index is 399. The van der Waals surface area contributed by atoms with E-state index in [4.69, 9.17) is 0 Å². The third-order valence-corrected chi connectivity index (χ3v) is 5.30. The molecule has 1 atom stereocenters. The van der Waals surface area contributed by atoms with E-state index < -0.39 is 10.0 Å². The molecule has 2 N–H and O–H groups in total. The summed E-state index contributed by atoms with van der Waals surface area (Å²) in [6.45, 7) is 1.71. The molecule has 0 amide bonds. The Balaban J connectivity index is 0.00000128. The molecule has 0 radical (unpaired) electrons. The van der Waals surface area contributed by atoms with Gasteiger partial charge in [-0.2, -0.15) is 0 Å². The first-order chi connectivity index (χ1) is 7.18. The lowest BCUT2D eigenvalue weighted by Crippen LogP contribution is -2.45. The van der Waals surface area contributed by atoms with E-state index in [2.05, 4.69) is 10.0 Å². The fraction of sp³-hybridized carbons (Fsp3) is 0.556. The van der Waals surface area contributed by atoms with Gasteiger partial charge in [-0.05, 0) is 30.8 Å². The number of thiophene rings is 1. The number of halogens is 1. The minimum absolute atomic E-state index is 0. The van der Waals surface area contributed by atoms with E-state index in [-0.39, 0.29) is 18.4 Å². The summed E-state index contributed by atoms with van der Waals surface area (Å²) < 4.78 is 26.8. The van der Waals surface area contributed by atoms with Gasteiger partial charge < -0.3 is 5.32 Å². The molecule has 1 fully saturated rings. The maximum Gasteiger partial charge on any atom is 0.250 e. The summed E-state index contributed by atoms with van der Waals surface area (Å²) in [6.07, 6.45) is 1.94. The fourth-order valence-electron chi connectivity index (χ4n) is 1.65. The van der Waals surface area contributed by atoms with Crippen molar-refractivity contribution in [1.29, 1.82) is 0 Å². The van der Waals surface area contributed by atoms with E-state index in [1.807, 2.05) is 0 Å². The van der Waals surface area contributed by atoms with Crippen molar-refractivity contribution in [3.05, 3.63) is 17.5 Å². The Labute approximate surface area is 106 Å². The van der Waals surface area contributed by atoms with Gasteiger partial charge in [0.1, 0.15) is 4.21 Å². The molecular weight excluding hydrogens is 268 g/mol. The number of nitrogens with one attached hydrogen (secondary N) is 2. The minimum atomic E-state index is -3.29. The second-order valence-corrected chi connectivity index (χ2v) is 6.49. The Kier molecular flexibility index (Phi) is 5.20. The summed E-state index contributed by atoms with van der Waals surface area (Å²) in [5.41, 5.74) is 0. The first-order valence-electron chi connectivity index (χ1n) is 4.95. The molecule has 1 aromatic rings. The van der Waals surface area contributed by atoms with E-state index >= 15 is 0 Å². The molecule has 0 aliphatic carbocycles. The Morgan fingerprint density at radius 3 is 2.88 bits per heavy atom. The molecule has 7 heteroatoms. The Morgan fingerprint density at radius 1 is 1.50 bits per heavy atom. The first-order valence-corrected chi connectivity index (χ1v) is 7.31. The molecule has 0 saturated carbocycles. The van der Waals surface area contributed by atoms with Crippen LogP contribution in [0.5, 0.6) is 0 Å². The van der Waals surface area contributed by atoms with E-state index in [1.54, 1.807) is 17.5 Å². The lowest BCUT2D eigenvalue weighted by Gasteiger charge is -2.23. The van der Waals surface area contributed by atoms with Crippen LogP contribution >= 0.6 is 23.7 Å². The summed E-state index contributed by atoms with van der Waals surface area (Å²) in [7, 11) is -3.29. The highest BCUT2D eigenvalue weighted by atomic mass is 35.5. The SMILES string of the molecule is Cl.O=S(=O)(N[C@@H]1CCCNC1)c1cccs1. The molecule has 4 nitrogen and oxygen atoms in total. The molecule has 92 valence electrons. The molecule has 1 aliphatic rings.